The fraction of sp³-hybridized carbons (Fsp3) is 0.538. The van der Waals surface area contributed by atoms with Gasteiger partial charge in [0.05, 0.1) is 0 Å². The largest absolute Gasteiger partial charge is 0.476 e. The van der Waals surface area contributed by atoms with Crippen LogP contribution in [0.15, 0.2) is 11.6 Å². The van der Waals surface area contributed by atoms with E-state index in [9.17, 15) is 9.90 Å². The molecule has 6 heteroatoms. The molecule has 0 saturated carbocycles. The van der Waals surface area contributed by atoms with E-state index in [1.165, 1.54) is 11.3 Å². The highest BCUT2D eigenvalue weighted by Crippen LogP contribution is 2.33. The third-order valence-electron chi connectivity index (χ3n) is 3.86. The van der Waals surface area contributed by atoms with Gasteiger partial charge in [0.2, 0.25) is 0 Å². The molecular weight excluding hydrogens is 262 g/mol. The highest BCUT2D eigenvalue weighted by Gasteiger charge is 2.30. The molecule has 0 unspecified atom stereocenters. The predicted octanol–water partition coefficient (Wildman–Crippen LogP) is 2.72. The summed E-state index contributed by atoms with van der Waals surface area (Å²) in [4.78, 5) is 18.8. The second kappa shape index (κ2) is 4.23. The van der Waals surface area contributed by atoms with Gasteiger partial charge in [-0.25, -0.2) is 9.78 Å². The van der Waals surface area contributed by atoms with Gasteiger partial charge >= 0.3 is 5.97 Å². The molecule has 0 bridgehead atoms. The molecule has 0 radical (unpaired) electrons. The topological polar surface area (TPSA) is 57.8 Å². The van der Waals surface area contributed by atoms with Crippen molar-refractivity contribution in [2.45, 2.75) is 26.7 Å². The van der Waals surface area contributed by atoms with Gasteiger partial charge in [0.25, 0.3) is 0 Å². The zero-order valence-corrected chi connectivity index (χ0v) is 11.9. The third kappa shape index (κ3) is 2.10. The van der Waals surface area contributed by atoms with E-state index in [-0.39, 0.29) is 5.69 Å². The minimum absolute atomic E-state index is 0.288. The molecule has 3 heterocycles. The van der Waals surface area contributed by atoms with Gasteiger partial charge in [-0.15, -0.1) is 11.3 Å². The van der Waals surface area contributed by atoms with Crippen LogP contribution in [0.25, 0.3) is 4.96 Å². The van der Waals surface area contributed by atoms with Crippen LogP contribution in [0, 0.1) is 5.41 Å². The Bertz CT molecular complexity index is 619. The summed E-state index contributed by atoms with van der Waals surface area (Å²) in [7, 11) is 0. The van der Waals surface area contributed by atoms with Gasteiger partial charge < -0.3 is 10.0 Å². The average molecular weight is 279 g/mol. The van der Waals surface area contributed by atoms with Gasteiger partial charge in [-0.05, 0) is 18.3 Å². The van der Waals surface area contributed by atoms with Gasteiger partial charge in [-0.3, -0.25) is 4.40 Å². The summed E-state index contributed by atoms with van der Waals surface area (Å²) in [6.45, 7) is 6.26. The molecule has 0 aromatic carbocycles. The number of thiazole rings is 1. The number of nitrogens with zero attached hydrogens (tertiary/aromatic N) is 3. The van der Waals surface area contributed by atoms with Crippen molar-refractivity contribution in [1.82, 2.24) is 9.38 Å². The van der Waals surface area contributed by atoms with Crippen molar-refractivity contribution in [2.24, 2.45) is 5.41 Å². The molecule has 1 aliphatic heterocycles. The van der Waals surface area contributed by atoms with Crippen molar-refractivity contribution in [1.29, 1.82) is 0 Å². The molecule has 19 heavy (non-hydrogen) atoms. The Morgan fingerprint density at radius 3 is 2.74 bits per heavy atom. The first kappa shape index (κ1) is 12.5. The summed E-state index contributed by atoms with van der Waals surface area (Å²) >= 11 is 1.47. The molecule has 0 atom stereocenters. The zero-order chi connectivity index (χ0) is 13.6. The molecule has 2 aromatic rings. The number of rotatable bonds is 2. The highest BCUT2D eigenvalue weighted by atomic mass is 32.1. The van der Waals surface area contributed by atoms with Gasteiger partial charge in [0.15, 0.2) is 16.5 Å². The lowest BCUT2D eigenvalue weighted by Gasteiger charge is -2.37. The van der Waals surface area contributed by atoms with E-state index < -0.39 is 5.97 Å². The number of imidazole rings is 1. The summed E-state index contributed by atoms with van der Waals surface area (Å²) in [6, 6.07) is 0. The maximum atomic E-state index is 11.5. The number of aromatic carboxylic acids is 1. The zero-order valence-electron chi connectivity index (χ0n) is 11.1. The van der Waals surface area contributed by atoms with Crippen molar-refractivity contribution >= 4 is 28.1 Å². The summed E-state index contributed by atoms with van der Waals surface area (Å²) in [6.07, 6.45) is 3.91. The number of aromatic nitrogens is 2. The molecule has 0 spiro atoms. The molecule has 1 N–H and O–H groups in total. The standard InChI is InChI=1S/C13H17N3O2S/c1-13(2)3-5-15(6-4-13)10-9(11(17)18)16-7-8-19-12(16)14-10/h7-8H,3-6H2,1-2H3,(H,17,18). The Kier molecular flexibility index (Phi) is 2.78. The van der Waals surface area contributed by atoms with Gasteiger partial charge in [0, 0.05) is 24.7 Å². The number of fused-ring (bicyclic) bond motifs is 1. The monoisotopic (exact) mass is 279 g/mol. The summed E-state index contributed by atoms with van der Waals surface area (Å²) in [5, 5.41) is 11.3. The lowest BCUT2D eigenvalue weighted by Crippen LogP contribution is -2.38. The first-order chi connectivity index (χ1) is 8.98. The van der Waals surface area contributed by atoms with E-state index in [2.05, 4.69) is 23.7 Å². The number of hydrogen-bond acceptors (Lipinski definition) is 4. The number of carbonyl (C=O) groups is 1. The molecule has 102 valence electrons. The van der Waals surface area contributed by atoms with Crippen LogP contribution in [0.2, 0.25) is 0 Å². The predicted molar refractivity (Wildman–Crippen MR) is 75.3 cm³/mol. The molecule has 1 saturated heterocycles. The molecule has 2 aromatic heterocycles. The van der Waals surface area contributed by atoms with Crippen LogP contribution in [0.1, 0.15) is 37.2 Å². The Morgan fingerprint density at radius 2 is 2.11 bits per heavy atom. The van der Waals surface area contributed by atoms with E-state index in [0.717, 1.165) is 30.9 Å². The summed E-state index contributed by atoms with van der Waals surface area (Å²) in [5.74, 6) is -0.291. The maximum absolute atomic E-state index is 11.5. The number of anilines is 1. The molecule has 3 rings (SSSR count). The Balaban J connectivity index is 1.99. The maximum Gasteiger partial charge on any atom is 0.356 e. The number of carboxylic acid groups (broad SMARTS) is 1. The van der Waals surface area contributed by atoms with Crippen LogP contribution in [-0.2, 0) is 0 Å². The van der Waals surface area contributed by atoms with Crippen LogP contribution >= 0.6 is 11.3 Å². The lowest BCUT2D eigenvalue weighted by atomic mass is 9.83. The lowest BCUT2D eigenvalue weighted by molar-refractivity contribution is 0.0690. The number of piperidine rings is 1. The minimum atomic E-state index is -0.911. The molecule has 1 aliphatic rings. The van der Waals surface area contributed by atoms with E-state index >= 15 is 0 Å². The smallest absolute Gasteiger partial charge is 0.356 e. The Hall–Kier alpha value is -1.56. The number of hydrogen-bond donors (Lipinski definition) is 1. The fourth-order valence-electron chi connectivity index (χ4n) is 2.52. The first-order valence-electron chi connectivity index (χ1n) is 6.42. The van der Waals surface area contributed by atoms with Crippen molar-refractivity contribution < 1.29 is 9.90 Å². The summed E-state index contributed by atoms with van der Waals surface area (Å²) < 4.78 is 1.67. The summed E-state index contributed by atoms with van der Waals surface area (Å²) in [5.41, 5.74) is 0.632. The quantitative estimate of drug-likeness (QED) is 0.918. The van der Waals surface area contributed by atoms with E-state index in [1.807, 2.05) is 5.38 Å². The van der Waals surface area contributed by atoms with Crippen molar-refractivity contribution in [3.63, 3.8) is 0 Å². The Labute approximate surface area is 115 Å². The van der Waals surface area contributed by atoms with Crippen LogP contribution in [0.5, 0.6) is 0 Å². The highest BCUT2D eigenvalue weighted by molar-refractivity contribution is 7.15. The van der Waals surface area contributed by atoms with E-state index in [0.29, 0.717) is 11.2 Å². The van der Waals surface area contributed by atoms with Gasteiger partial charge in [-0.2, -0.15) is 0 Å². The minimum Gasteiger partial charge on any atom is -0.476 e. The average Bonchev–Trinajstić information content (AvgIpc) is 2.87. The van der Waals surface area contributed by atoms with Crippen LogP contribution < -0.4 is 4.90 Å². The van der Waals surface area contributed by atoms with Crippen LogP contribution in [-0.4, -0.2) is 33.6 Å². The van der Waals surface area contributed by atoms with E-state index in [1.54, 1.807) is 10.6 Å². The van der Waals surface area contributed by atoms with Crippen molar-refractivity contribution in [3.05, 3.63) is 17.3 Å². The Morgan fingerprint density at radius 1 is 1.42 bits per heavy atom. The second-order valence-electron chi connectivity index (χ2n) is 5.80. The molecule has 5 nitrogen and oxygen atoms in total. The van der Waals surface area contributed by atoms with E-state index in [4.69, 9.17) is 0 Å². The molecule has 1 fully saturated rings. The molecular formula is C13H17N3O2S. The third-order valence-corrected chi connectivity index (χ3v) is 4.62. The SMILES string of the molecule is CC1(C)CCN(c2nc3sccn3c2C(=O)O)CC1. The normalized spacial score (nSPS) is 18.9. The number of carboxylic acids is 1. The van der Waals surface area contributed by atoms with Crippen molar-refractivity contribution in [2.75, 3.05) is 18.0 Å². The first-order valence-corrected chi connectivity index (χ1v) is 7.30. The molecule has 0 amide bonds. The van der Waals surface area contributed by atoms with Crippen molar-refractivity contribution in [3.8, 4) is 0 Å². The fourth-order valence-corrected chi connectivity index (χ4v) is 3.23. The van der Waals surface area contributed by atoms with Crippen LogP contribution in [0.3, 0.4) is 0 Å². The van der Waals surface area contributed by atoms with Gasteiger partial charge in [0.1, 0.15) is 0 Å². The second-order valence-corrected chi connectivity index (χ2v) is 6.67. The van der Waals surface area contributed by atoms with Gasteiger partial charge in [-0.1, -0.05) is 13.8 Å². The van der Waals surface area contributed by atoms with Crippen LogP contribution in [0.4, 0.5) is 5.82 Å². The molecule has 0 aliphatic carbocycles.